The number of piperidine rings is 1. The Balaban J connectivity index is 1.66. The number of amides is 1. The number of hydrogen-bond acceptors (Lipinski definition) is 6. The monoisotopic (exact) mass is 448 g/mol. The van der Waals surface area contributed by atoms with Crippen LogP contribution in [-0.4, -0.2) is 80.4 Å². The number of carbonyl (C=O) groups is 2. The van der Waals surface area contributed by atoms with Crippen LogP contribution in [0.15, 0.2) is 12.1 Å². The highest BCUT2D eigenvalue weighted by Crippen LogP contribution is 2.34. The van der Waals surface area contributed by atoms with E-state index in [-0.39, 0.29) is 40.8 Å². The fraction of sp³-hybridized carbons (Fsp3) is 0.667. The quantitative estimate of drug-likeness (QED) is 0.482. The number of hydrogen-bond donors (Lipinski definition) is 4. The molecule has 0 radical (unpaired) electrons. The van der Waals surface area contributed by atoms with Gasteiger partial charge in [-0.1, -0.05) is 26.7 Å². The molecule has 4 N–H and O–H groups in total. The molecule has 1 aromatic carbocycles. The van der Waals surface area contributed by atoms with Crippen molar-refractivity contribution < 1.29 is 30.0 Å². The summed E-state index contributed by atoms with van der Waals surface area (Å²) in [4.78, 5) is 28.4. The molecule has 1 heterocycles. The van der Waals surface area contributed by atoms with Crippen molar-refractivity contribution in [3.63, 3.8) is 0 Å². The van der Waals surface area contributed by atoms with E-state index < -0.39 is 18.6 Å². The minimum absolute atomic E-state index is 0.0168. The second-order valence-corrected chi connectivity index (χ2v) is 9.49. The second-order valence-electron chi connectivity index (χ2n) is 9.49. The summed E-state index contributed by atoms with van der Waals surface area (Å²) in [5.74, 6) is -1.23. The van der Waals surface area contributed by atoms with E-state index in [1.54, 1.807) is 11.0 Å². The predicted molar refractivity (Wildman–Crippen MR) is 120 cm³/mol. The number of benzene rings is 1. The van der Waals surface area contributed by atoms with Gasteiger partial charge in [-0.25, -0.2) is 0 Å². The van der Waals surface area contributed by atoms with Gasteiger partial charge in [0.15, 0.2) is 0 Å². The van der Waals surface area contributed by atoms with Crippen molar-refractivity contribution in [2.45, 2.75) is 70.4 Å². The lowest BCUT2D eigenvalue weighted by Crippen LogP contribution is -2.51. The average Bonchev–Trinajstić information content (AvgIpc) is 3.28. The molecule has 178 valence electrons. The van der Waals surface area contributed by atoms with Crippen molar-refractivity contribution >= 4 is 11.9 Å². The highest BCUT2D eigenvalue weighted by molar-refractivity contribution is 5.97. The number of rotatable bonds is 8. The lowest BCUT2D eigenvalue weighted by molar-refractivity contribution is -0.146. The van der Waals surface area contributed by atoms with Crippen molar-refractivity contribution in [3.05, 3.63) is 23.3 Å². The molecule has 1 saturated heterocycles. The molecule has 1 aliphatic carbocycles. The van der Waals surface area contributed by atoms with Crippen molar-refractivity contribution in [1.82, 2.24) is 9.80 Å². The summed E-state index contributed by atoms with van der Waals surface area (Å²) in [6, 6.07) is 2.10. The Hall–Kier alpha value is -2.32. The summed E-state index contributed by atoms with van der Waals surface area (Å²) >= 11 is 0. The molecule has 8 nitrogen and oxygen atoms in total. The maximum atomic E-state index is 13.1. The predicted octanol–water partition coefficient (Wildman–Crippen LogP) is 2.76. The van der Waals surface area contributed by atoms with Gasteiger partial charge < -0.3 is 25.3 Å². The van der Waals surface area contributed by atoms with Gasteiger partial charge in [0.25, 0.3) is 5.91 Å². The van der Waals surface area contributed by atoms with Gasteiger partial charge in [0, 0.05) is 31.7 Å². The first-order valence-corrected chi connectivity index (χ1v) is 11.7. The zero-order valence-electron chi connectivity index (χ0n) is 19.0. The molecule has 32 heavy (non-hydrogen) atoms. The van der Waals surface area contributed by atoms with Crippen LogP contribution in [0, 0.1) is 5.92 Å². The molecule has 0 aromatic heterocycles. The van der Waals surface area contributed by atoms with E-state index in [2.05, 4.69) is 0 Å². The van der Waals surface area contributed by atoms with E-state index in [0.717, 1.165) is 38.5 Å². The number of nitrogens with zero attached hydrogens (tertiary/aromatic N) is 2. The molecule has 1 atom stereocenters. The first-order valence-electron chi connectivity index (χ1n) is 11.7. The van der Waals surface area contributed by atoms with Gasteiger partial charge in [-0.15, -0.1) is 0 Å². The number of aliphatic hydroxyl groups excluding tert-OH is 1. The Bertz CT molecular complexity index is 813. The molecule has 3 rings (SSSR count). The molecule has 8 heteroatoms. The number of carboxylic acid groups (broad SMARTS) is 1. The van der Waals surface area contributed by atoms with Crippen molar-refractivity contribution in [3.8, 4) is 11.5 Å². The van der Waals surface area contributed by atoms with Crippen molar-refractivity contribution in [2.75, 3.05) is 26.2 Å². The molecule has 2 aliphatic rings. The number of phenolic OH excluding ortho intramolecular Hbond substituents is 2. The van der Waals surface area contributed by atoms with Gasteiger partial charge in [0.05, 0.1) is 12.2 Å². The highest BCUT2D eigenvalue weighted by Gasteiger charge is 2.35. The average molecular weight is 449 g/mol. The Kier molecular flexibility index (Phi) is 8.00. The fourth-order valence-electron chi connectivity index (χ4n) is 5.11. The molecule has 2 fully saturated rings. The van der Waals surface area contributed by atoms with Crippen LogP contribution in [0.5, 0.6) is 11.5 Å². The smallest absolute Gasteiger partial charge is 0.323 e. The lowest BCUT2D eigenvalue weighted by Gasteiger charge is -2.39. The Morgan fingerprint density at radius 2 is 1.69 bits per heavy atom. The van der Waals surface area contributed by atoms with Crippen molar-refractivity contribution in [2.24, 2.45) is 5.92 Å². The summed E-state index contributed by atoms with van der Waals surface area (Å²) in [6.07, 6.45) is 5.56. The third kappa shape index (κ3) is 5.35. The number of aliphatic carboxylic acids is 1. The lowest BCUT2D eigenvalue weighted by atomic mass is 9.93. The SMILES string of the molecule is CC(C)c1cc(C(=O)N2CCC(CN(C3CCCC3)C(CO)C(=O)O)CC2)c(O)cc1O. The van der Waals surface area contributed by atoms with Gasteiger partial charge in [-0.3, -0.25) is 14.5 Å². The maximum absolute atomic E-state index is 13.1. The van der Waals surface area contributed by atoms with Crippen LogP contribution in [0.1, 0.15) is 74.2 Å². The Morgan fingerprint density at radius 1 is 1.06 bits per heavy atom. The molecule has 1 amide bonds. The standard InChI is InChI=1S/C24H36N2O6/c1-15(2)18-11-19(22(29)12-21(18)28)23(30)25-9-7-16(8-10-25)13-26(17-5-3-4-6-17)20(14-27)24(31)32/h11-12,15-17,20,27-29H,3-10,13-14H2,1-2H3,(H,31,32). The Morgan fingerprint density at radius 3 is 2.22 bits per heavy atom. The van der Waals surface area contributed by atoms with E-state index in [0.29, 0.717) is 25.2 Å². The van der Waals surface area contributed by atoms with Gasteiger partial charge in [0.1, 0.15) is 17.5 Å². The molecule has 1 unspecified atom stereocenters. The third-order valence-corrected chi connectivity index (χ3v) is 7.02. The number of carbonyl (C=O) groups excluding carboxylic acids is 1. The van der Waals surface area contributed by atoms with Gasteiger partial charge in [0.2, 0.25) is 0 Å². The third-order valence-electron chi connectivity index (χ3n) is 7.02. The molecule has 1 aromatic rings. The number of phenols is 2. The topological polar surface area (TPSA) is 122 Å². The van der Waals surface area contributed by atoms with Gasteiger partial charge in [-0.05, 0) is 49.1 Å². The number of aromatic hydroxyl groups is 2. The van der Waals surface area contributed by atoms with E-state index >= 15 is 0 Å². The molecule has 0 spiro atoms. The van der Waals surface area contributed by atoms with Crippen LogP contribution in [0.4, 0.5) is 0 Å². The summed E-state index contributed by atoms with van der Waals surface area (Å²) in [7, 11) is 0. The van der Waals surface area contributed by atoms with Crippen LogP contribution < -0.4 is 0 Å². The van der Waals surface area contributed by atoms with Gasteiger partial charge in [-0.2, -0.15) is 0 Å². The molecular formula is C24H36N2O6. The Labute approximate surface area is 189 Å². The highest BCUT2D eigenvalue weighted by atomic mass is 16.4. The van der Waals surface area contributed by atoms with Crippen LogP contribution in [0.2, 0.25) is 0 Å². The van der Waals surface area contributed by atoms with E-state index in [9.17, 15) is 30.0 Å². The summed E-state index contributed by atoms with van der Waals surface area (Å²) in [6.45, 7) is 5.08. The second kappa shape index (κ2) is 10.5. The zero-order valence-corrected chi connectivity index (χ0v) is 19.0. The number of likely N-dealkylation sites (tertiary alicyclic amines) is 1. The number of carboxylic acids is 1. The molecular weight excluding hydrogens is 412 g/mol. The first-order chi connectivity index (χ1) is 15.2. The maximum Gasteiger partial charge on any atom is 0.323 e. The molecule has 0 bridgehead atoms. The minimum atomic E-state index is -0.990. The van der Waals surface area contributed by atoms with Crippen LogP contribution in [0.25, 0.3) is 0 Å². The normalized spacial score (nSPS) is 19.1. The summed E-state index contributed by atoms with van der Waals surface area (Å²) in [5, 5.41) is 39.6. The van der Waals surface area contributed by atoms with Gasteiger partial charge >= 0.3 is 5.97 Å². The summed E-state index contributed by atoms with van der Waals surface area (Å²) in [5.41, 5.74) is 0.820. The van der Waals surface area contributed by atoms with Crippen LogP contribution in [-0.2, 0) is 4.79 Å². The fourth-order valence-corrected chi connectivity index (χ4v) is 5.11. The van der Waals surface area contributed by atoms with E-state index in [1.165, 1.54) is 6.07 Å². The van der Waals surface area contributed by atoms with Crippen LogP contribution >= 0.6 is 0 Å². The molecule has 1 saturated carbocycles. The molecule has 1 aliphatic heterocycles. The largest absolute Gasteiger partial charge is 0.508 e. The van der Waals surface area contributed by atoms with E-state index in [4.69, 9.17) is 0 Å². The first kappa shape index (κ1) is 24.3. The summed E-state index contributed by atoms with van der Waals surface area (Å²) < 4.78 is 0. The van der Waals surface area contributed by atoms with Crippen molar-refractivity contribution in [1.29, 1.82) is 0 Å². The number of aliphatic hydroxyl groups is 1. The van der Waals surface area contributed by atoms with E-state index in [1.807, 2.05) is 18.7 Å². The zero-order chi connectivity index (χ0) is 23.4. The van der Waals surface area contributed by atoms with Crippen LogP contribution in [0.3, 0.4) is 0 Å². The minimum Gasteiger partial charge on any atom is -0.508 e.